The molecule has 0 aliphatic heterocycles. The number of benzene rings is 2. The van der Waals surface area contributed by atoms with Crippen molar-refractivity contribution in [2.45, 2.75) is 33.6 Å². The first-order valence-electron chi connectivity index (χ1n) is 7.71. The minimum Gasteiger partial charge on any atom is -0.494 e. The van der Waals surface area contributed by atoms with Gasteiger partial charge in [0.05, 0.1) is 6.61 Å². The molecule has 0 saturated heterocycles. The fourth-order valence-electron chi connectivity index (χ4n) is 2.40. The van der Waals surface area contributed by atoms with Crippen LogP contribution in [0.5, 0.6) is 5.75 Å². The Morgan fingerprint density at radius 3 is 2.43 bits per heavy atom. The number of hydrogen-bond donors (Lipinski definition) is 1. The topological polar surface area (TPSA) is 38.3 Å². The second-order valence-corrected chi connectivity index (χ2v) is 6.19. The van der Waals surface area contributed by atoms with Crippen molar-refractivity contribution in [3.05, 3.63) is 58.1 Å². The Morgan fingerprint density at radius 1 is 1.09 bits per heavy atom. The third-order valence-corrected chi connectivity index (χ3v) is 3.88. The lowest BCUT2D eigenvalue weighted by atomic mass is 10.1. The molecule has 23 heavy (non-hydrogen) atoms. The van der Waals surface area contributed by atoms with E-state index in [2.05, 4.69) is 11.4 Å². The molecule has 2 rings (SSSR count). The molecule has 3 nitrogen and oxygen atoms in total. The second kappa shape index (κ2) is 8.02. The Labute approximate surface area is 142 Å². The zero-order chi connectivity index (χ0) is 16.8. The maximum absolute atomic E-state index is 12.0. The summed E-state index contributed by atoms with van der Waals surface area (Å²) in [7, 11) is 0. The van der Waals surface area contributed by atoms with Crippen LogP contribution >= 0.6 is 11.6 Å². The molecule has 0 radical (unpaired) electrons. The van der Waals surface area contributed by atoms with E-state index in [0.717, 1.165) is 33.1 Å². The molecule has 0 heterocycles. The molecule has 1 N–H and O–H groups in total. The molecule has 0 aliphatic rings. The van der Waals surface area contributed by atoms with Gasteiger partial charge < -0.3 is 10.1 Å². The standard InChI is InChI=1S/C19H22ClNO2/c1-13-9-14(2)11-16(10-13)21-19(22)5-4-8-23-17-6-7-18(20)15(3)12-17/h6-7,9-12H,4-5,8H2,1-3H3,(H,21,22). The third kappa shape index (κ3) is 5.61. The molecule has 0 aromatic heterocycles. The maximum atomic E-state index is 12.0. The van der Waals surface area contributed by atoms with Crippen molar-refractivity contribution in [1.82, 2.24) is 0 Å². The van der Waals surface area contributed by atoms with E-state index in [1.54, 1.807) is 0 Å². The molecular weight excluding hydrogens is 310 g/mol. The second-order valence-electron chi connectivity index (χ2n) is 5.79. The average Bonchev–Trinajstić information content (AvgIpc) is 2.46. The highest BCUT2D eigenvalue weighted by Crippen LogP contribution is 2.21. The lowest BCUT2D eigenvalue weighted by Gasteiger charge is -2.09. The zero-order valence-corrected chi connectivity index (χ0v) is 14.5. The summed E-state index contributed by atoms with van der Waals surface area (Å²) >= 11 is 5.97. The fourth-order valence-corrected chi connectivity index (χ4v) is 2.52. The Hall–Kier alpha value is -2.00. The van der Waals surface area contributed by atoms with Gasteiger partial charge in [-0.25, -0.2) is 0 Å². The van der Waals surface area contributed by atoms with E-state index in [-0.39, 0.29) is 5.91 Å². The van der Waals surface area contributed by atoms with Gasteiger partial charge in [-0.15, -0.1) is 0 Å². The first kappa shape index (κ1) is 17.4. The number of hydrogen-bond acceptors (Lipinski definition) is 2. The Kier molecular flexibility index (Phi) is 6.05. The summed E-state index contributed by atoms with van der Waals surface area (Å²) < 4.78 is 5.64. The number of anilines is 1. The lowest BCUT2D eigenvalue weighted by molar-refractivity contribution is -0.116. The van der Waals surface area contributed by atoms with Gasteiger partial charge in [0, 0.05) is 17.1 Å². The monoisotopic (exact) mass is 331 g/mol. The molecule has 2 aromatic carbocycles. The number of carbonyl (C=O) groups is 1. The zero-order valence-electron chi connectivity index (χ0n) is 13.8. The van der Waals surface area contributed by atoms with Crippen molar-refractivity contribution in [3.8, 4) is 5.75 Å². The highest BCUT2D eigenvalue weighted by molar-refractivity contribution is 6.31. The van der Waals surface area contributed by atoms with Crippen LogP contribution < -0.4 is 10.1 Å². The largest absolute Gasteiger partial charge is 0.494 e. The van der Waals surface area contributed by atoms with Gasteiger partial charge in [0.15, 0.2) is 0 Å². The molecular formula is C19H22ClNO2. The van der Waals surface area contributed by atoms with Crippen molar-refractivity contribution in [2.24, 2.45) is 0 Å². The van der Waals surface area contributed by atoms with Crippen LogP contribution in [-0.2, 0) is 4.79 Å². The van der Waals surface area contributed by atoms with E-state index < -0.39 is 0 Å². The van der Waals surface area contributed by atoms with E-state index >= 15 is 0 Å². The van der Waals surface area contributed by atoms with Gasteiger partial charge in [0.1, 0.15) is 5.75 Å². The van der Waals surface area contributed by atoms with Crippen LogP contribution in [0.4, 0.5) is 5.69 Å². The van der Waals surface area contributed by atoms with E-state index in [1.807, 2.05) is 51.1 Å². The summed E-state index contributed by atoms with van der Waals surface area (Å²) in [5, 5.41) is 3.65. The SMILES string of the molecule is Cc1cc(C)cc(NC(=O)CCCOc2ccc(Cl)c(C)c2)c1. The minimum atomic E-state index is 0.00545. The van der Waals surface area contributed by atoms with E-state index in [9.17, 15) is 4.79 Å². The molecule has 2 aromatic rings. The van der Waals surface area contributed by atoms with Gasteiger partial charge in [0.25, 0.3) is 0 Å². The summed E-state index contributed by atoms with van der Waals surface area (Å²) in [6, 6.07) is 11.6. The maximum Gasteiger partial charge on any atom is 0.224 e. The lowest BCUT2D eigenvalue weighted by Crippen LogP contribution is -2.13. The normalized spacial score (nSPS) is 10.4. The number of carbonyl (C=O) groups excluding carboxylic acids is 1. The summed E-state index contributed by atoms with van der Waals surface area (Å²) in [4.78, 5) is 12.0. The smallest absolute Gasteiger partial charge is 0.224 e. The van der Waals surface area contributed by atoms with Gasteiger partial charge >= 0.3 is 0 Å². The molecule has 1 amide bonds. The molecule has 0 fully saturated rings. The Morgan fingerprint density at radius 2 is 1.78 bits per heavy atom. The number of nitrogens with one attached hydrogen (secondary N) is 1. The van der Waals surface area contributed by atoms with Gasteiger partial charge in [-0.05, 0) is 74.2 Å². The van der Waals surface area contributed by atoms with Crippen LogP contribution in [0.3, 0.4) is 0 Å². The summed E-state index contributed by atoms with van der Waals surface area (Å²) in [6.45, 7) is 6.48. The van der Waals surface area contributed by atoms with Crippen LogP contribution in [-0.4, -0.2) is 12.5 Å². The summed E-state index contributed by atoms with van der Waals surface area (Å²) in [6.07, 6.45) is 1.10. The Balaban J connectivity index is 1.75. The molecule has 0 saturated carbocycles. The molecule has 0 unspecified atom stereocenters. The van der Waals surface area contributed by atoms with Crippen LogP contribution in [0, 0.1) is 20.8 Å². The van der Waals surface area contributed by atoms with Crippen molar-refractivity contribution in [3.63, 3.8) is 0 Å². The molecule has 0 spiro atoms. The number of ether oxygens (including phenoxy) is 1. The van der Waals surface area contributed by atoms with Crippen LogP contribution in [0.1, 0.15) is 29.5 Å². The van der Waals surface area contributed by atoms with Gasteiger partial charge in [-0.3, -0.25) is 4.79 Å². The molecule has 0 aliphatic carbocycles. The van der Waals surface area contributed by atoms with Crippen LogP contribution in [0.15, 0.2) is 36.4 Å². The molecule has 0 atom stereocenters. The van der Waals surface area contributed by atoms with E-state index in [4.69, 9.17) is 16.3 Å². The predicted molar refractivity (Wildman–Crippen MR) is 95.5 cm³/mol. The molecule has 0 bridgehead atoms. The Bertz CT molecular complexity index is 678. The highest BCUT2D eigenvalue weighted by atomic mass is 35.5. The van der Waals surface area contributed by atoms with Crippen molar-refractivity contribution in [1.29, 1.82) is 0 Å². The minimum absolute atomic E-state index is 0.00545. The highest BCUT2D eigenvalue weighted by Gasteiger charge is 2.04. The van der Waals surface area contributed by atoms with Crippen molar-refractivity contribution in [2.75, 3.05) is 11.9 Å². The number of amides is 1. The van der Waals surface area contributed by atoms with E-state index in [0.29, 0.717) is 19.4 Å². The summed E-state index contributed by atoms with van der Waals surface area (Å²) in [5.74, 6) is 0.785. The molecule has 122 valence electrons. The first-order chi connectivity index (χ1) is 10.9. The van der Waals surface area contributed by atoms with E-state index in [1.165, 1.54) is 0 Å². The first-order valence-corrected chi connectivity index (χ1v) is 8.09. The quantitative estimate of drug-likeness (QED) is 0.751. The fraction of sp³-hybridized carbons (Fsp3) is 0.316. The van der Waals surface area contributed by atoms with Crippen molar-refractivity contribution < 1.29 is 9.53 Å². The van der Waals surface area contributed by atoms with Gasteiger partial charge in [-0.1, -0.05) is 17.7 Å². The molecule has 4 heteroatoms. The van der Waals surface area contributed by atoms with Gasteiger partial charge in [-0.2, -0.15) is 0 Å². The third-order valence-electron chi connectivity index (χ3n) is 3.45. The van der Waals surface area contributed by atoms with Gasteiger partial charge in [0.2, 0.25) is 5.91 Å². The van der Waals surface area contributed by atoms with Crippen LogP contribution in [0.25, 0.3) is 0 Å². The summed E-state index contributed by atoms with van der Waals surface area (Å²) in [5.41, 5.74) is 4.11. The number of halogens is 1. The predicted octanol–water partition coefficient (Wildman–Crippen LogP) is 5.06. The average molecular weight is 332 g/mol. The van der Waals surface area contributed by atoms with Crippen molar-refractivity contribution >= 4 is 23.2 Å². The number of aryl methyl sites for hydroxylation is 3. The van der Waals surface area contributed by atoms with Crippen LogP contribution in [0.2, 0.25) is 5.02 Å². The number of rotatable bonds is 6.